The molecule has 0 aromatic heterocycles. The summed E-state index contributed by atoms with van der Waals surface area (Å²) in [5.74, 6) is -0.547. The second kappa shape index (κ2) is 7.56. The lowest BCUT2D eigenvalue weighted by Crippen LogP contribution is -2.44. The third kappa shape index (κ3) is 3.87. The minimum atomic E-state index is -0.977. The van der Waals surface area contributed by atoms with Crippen molar-refractivity contribution in [1.82, 2.24) is 4.90 Å². The molecule has 0 saturated carbocycles. The van der Waals surface area contributed by atoms with E-state index in [0.29, 0.717) is 25.3 Å². The van der Waals surface area contributed by atoms with Gasteiger partial charge in [-0.2, -0.15) is 0 Å². The number of piperidine rings is 1. The number of amides is 1. The first-order chi connectivity index (χ1) is 12.0. The first kappa shape index (κ1) is 17.9. The summed E-state index contributed by atoms with van der Waals surface area (Å²) in [5.41, 5.74) is 2.45. The highest BCUT2D eigenvalue weighted by Crippen LogP contribution is 2.34. The number of carbonyl (C=O) groups is 2. The monoisotopic (exact) mass is 345 g/mol. The van der Waals surface area contributed by atoms with Gasteiger partial charge in [0.25, 0.3) is 5.91 Å². The molecule has 5 heteroatoms. The number of likely N-dealkylation sites (tertiary alicyclic amines) is 1. The molecule has 3 atom stereocenters. The molecule has 1 amide bonds. The second-order valence-electron chi connectivity index (χ2n) is 7.39. The third-order valence-electron chi connectivity index (χ3n) is 5.34. The Kier molecular flexibility index (Phi) is 5.42. The van der Waals surface area contributed by atoms with Crippen LogP contribution in [-0.4, -0.2) is 40.6 Å². The van der Waals surface area contributed by atoms with E-state index >= 15 is 0 Å². The molecule has 1 aromatic rings. The first-order valence-corrected chi connectivity index (χ1v) is 9.26. The summed E-state index contributed by atoms with van der Waals surface area (Å²) in [5, 5.41) is 9.07. The maximum atomic E-state index is 12.9. The van der Waals surface area contributed by atoms with E-state index in [0.717, 1.165) is 24.8 Å². The van der Waals surface area contributed by atoms with Crippen molar-refractivity contribution in [3.05, 3.63) is 35.4 Å². The number of nitrogens with zero attached hydrogens (tertiary/aromatic N) is 1. The number of hydrogen-bond donors (Lipinski definition) is 1. The van der Waals surface area contributed by atoms with Crippen LogP contribution >= 0.6 is 0 Å². The van der Waals surface area contributed by atoms with Gasteiger partial charge in [-0.25, -0.2) is 4.79 Å². The summed E-state index contributed by atoms with van der Waals surface area (Å²) >= 11 is 0. The van der Waals surface area contributed by atoms with Crippen molar-refractivity contribution in [3.63, 3.8) is 0 Å². The maximum Gasteiger partial charge on any atom is 0.332 e. The van der Waals surface area contributed by atoms with Crippen LogP contribution in [0.4, 0.5) is 0 Å². The molecule has 0 bridgehead atoms. The molecular weight excluding hydrogens is 318 g/mol. The quantitative estimate of drug-likeness (QED) is 0.907. The van der Waals surface area contributed by atoms with Crippen LogP contribution in [0.5, 0.6) is 0 Å². The summed E-state index contributed by atoms with van der Waals surface area (Å²) in [6, 6.07) is 8.60. The van der Waals surface area contributed by atoms with Crippen LogP contribution in [0.25, 0.3) is 0 Å². The Bertz CT molecular complexity index is 625. The molecule has 2 heterocycles. The van der Waals surface area contributed by atoms with E-state index in [1.54, 1.807) is 0 Å². The zero-order valence-electron chi connectivity index (χ0n) is 15.0. The van der Waals surface area contributed by atoms with Gasteiger partial charge in [0.1, 0.15) is 6.10 Å². The van der Waals surface area contributed by atoms with E-state index < -0.39 is 18.2 Å². The van der Waals surface area contributed by atoms with Gasteiger partial charge in [-0.3, -0.25) is 4.79 Å². The van der Waals surface area contributed by atoms with Gasteiger partial charge < -0.3 is 14.7 Å². The average molecular weight is 345 g/mol. The molecule has 3 rings (SSSR count). The van der Waals surface area contributed by atoms with E-state index in [1.807, 2.05) is 4.90 Å². The Labute approximate surface area is 149 Å². The molecule has 2 aliphatic heterocycles. The largest absolute Gasteiger partial charge is 0.479 e. The Hall–Kier alpha value is -1.88. The molecular formula is C20H27NO4. The SMILES string of the molecule is CC(C)c1ccc(C2CCCCN2C(=O)[C@@H]2CC[C@H](C(=O)O)O2)cc1. The third-order valence-corrected chi connectivity index (χ3v) is 5.34. The van der Waals surface area contributed by atoms with Gasteiger partial charge in [0, 0.05) is 6.54 Å². The highest BCUT2D eigenvalue weighted by Gasteiger charge is 2.39. The fourth-order valence-electron chi connectivity index (χ4n) is 3.83. The molecule has 1 unspecified atom stereocenters. The van der Waals surface area contributed by atoms with Crippen LogP contribution in [-0.2, 0) is 14.3 Å². The molecule has 0 spiro atoms. The van der Waals surface area contributed by atoms with Gasteiger partial charge in [-0.15, -0.1) is 0 Å². The van der Waals surface area contributed by atoms with E-state index in [1.165, 1.54) is 5.56 Å². The lowest BCUT2D eigenvalue weighted by molar-refractivity contribution is -0.156. The van der Waals surface area contributed by atoms with Crippen LogP contribution < -0.4 is 0 Å². The van der Waals surface area contributed by atoms with Gasteiger partial charge in [-0.05, 0) is 49.1 Å². The molecule has 2 saturated heterocycles. The van der Waals surface area contributed by atoms with E-state index in [9.17, 15) is 9.59 Å². The number of carboxylic acid groups (broad SMARTS) is 1. The molecule has 2 aliphatic rings. The minimum absolute atomic E-state index is 0.0543. The lowest BCUT2D eigenvalue weighted by Gasteiger charge is -2.37. The average Bonchev–Trinajstić information content (AvgIpc) is 3.11. The number of carbonyl (C=O) groups excluding carboxylic acids is 1. The van der Waals surface area contributed by atoms with Crippen LogP contribution in [0.2, 0.25) is 0 Å². The van der Waals surface area contributed by atoms with Crippen LogP contribution in [0.3, 0.4) is 0 Å². The molecule has 0 aliphatic carbocycles. The van der Waals surface area contributed by atoms with Crippen LogP contribution in [0, 0.1) is 0 Å². The standard InChI is InChI=1S/C20H27NO4/c1-13(2)14-6-8-15(9-7-14)16-5-3-4-12-21(16)19(22)17-10-11-18(25-17)20(23)24/h6-9,13,16-18H,3-5,10-12H2,1-2H3,(H,23,24)/t16?,17-,18+/m0/s1. The van der Waals surface area contributed by atoms with E-state index in [-0.39, 0.29) is 11.9 Å². The normalized spacial score (nSPS) is 26.8. The predicted molar refractivity (Wildman–Crippen MR) is 94.4 cm³/mol. The Morgan fingerprint density at radius 3 is 2.36 bits per heavy atom. The summed E-state index contributed by atoms with van der Waals surface area (Å²) in [6.07, 6.45) is 2.48. The Morgan fingerprint density at radius 1 is 1.08 bits per heavy atom. The van der Waals surface area contributed by atoms with Crippen LogP contribution in [0.15, 0.2) is 24.3 Å². The van der Waals surface area contributed by atoms with Gasteiger partial charge in [0.15, 0.2) is 6.10 Å². The first-order valence-electron chi connectivity index (χ1n) is 9.26. The number of ether oxygens (including phenoxy) is 1. The minimum Gasteiger partial charge on any atom is -0.479 e. The maximum absolute atomic E-state index is 12.9. The van der Waals surface area contributed by atoms with Crippen molar-refractivity contribution in [1.29, 1.82) is 0 Å². The van der Waals surface area contributed by atoms with Crippen LogP contribution in [0.1, 0.15) is 69.0 Å². The lowest BCUT2D eigenvalue weighted by atomic mass is 9.92. The topological polar surface area (TPSA) is 66.8 Å². The molecule has 136 valence electrons. The molecule has 2 fully saturated rings. The number of aliphatic carboxylic acids is 1. The van der Waals surface area contributed by atoms with Gasteiger partial charge >= 0.3 is 5.97 Å². The molecule has 25 heavy (non-hydrogen) atoms. The zero-order chi connectivity index (χ0) is 18.0. The fourth-order valence-corrected chi connectivity index (χ4v) is 3.83. The molecule has 1 N–H and O–H groups in total. The van der Waals surface area contributed by atoms with Crippen molar-refractivity contribution in [3.8, 4) is 0 Å². The van der Waals surface area contributed by atoms with Gasteiger partial charge in [0.2, 0.25) is 0 Å². The Morgan fingerprint density at radius 2 is 1.76 bits per heavy atom. The van der Waals surface area contributed by atoms with Crippen molar-refractivity contribution in [2.75, 3.05) is 6.54 Å². The number of benzene rings is 1. The van der Waals surface area contributed by atoms with Crippen molar-refractivity contribution < 1.29 is 19.4 Å². The van der Waals surface area contributed by atoms with Gasteiger partial charge in [0.05, 0.1) is 6.04 Å². The number of rotatable bonds is 4. The summed E-state index contributed by atoms with van der Waals surface area (Å²) in [7, 11) is 0. The fraction of sp³-hybridized carbons (Fsp3) is 0.600. The number of hydrogen-bond acceptors (Lipinski definition) is 3. The molecule has 5 nitrogen and oxygen atoms in total. The highest BCUT2D eigenvalue weighted by atomic mass is 16.5. The number of carboxylic acids is 1. The second-order valence-corrected chi connectivity index (χ2v) is 7.39. The van der Waals surface area contributed by atoms with Crippen molar-refractivity contribution in [2.45, 2.75) is 70.1 Å². The summed E-state index contributed by atoms with van der Waals surface area (Å²) in [4.78, 5) is 25.9. The van der Waals surface area contributed by atoms with E-state index in [2.05, 4.69) is 38.1 Å². The van der Waals surface area contributed by atoms with Gasteiger partial charge in [-0.1, -0.05) is 38.1 Å². The Balaban J connectivity index is 1.74. The molecule has 1 aromatic carbocycles. The van der Waals surface area contributed by atoms with Crippen molar-refractivity contribution in [2.24, 2.45) is 0 Å². The zero-order valence-corrected chi connectivity index (χ0v) is 15.0. The van der Waals surface area contributed by atoms with E-state index in [4.69, 9.17) is 9.84 Å². The predicted octanol–water partition coefficient (Wildman–Crippen LogP) is 3.50. The highest BCUT2D eigenvalue weighted by molar-refractivity contribution is 5.83. The molecule has 0 radical (unpaired) electrons. The summed E-state index contributed by atoms with van der Waals surface area (Å²) < 4.78 is 5.48. The summed E-state index contributed by atoms with van der Waals surface area (Å²) in [6.45, 7) is 5.05. The smallest absolute Gasteiger partial charge is 0.332 e. The van der Waals surface area contributed by atoms with Crippen molar-refractivity contribution >= 4 is 11.9 Å².